The molecule has 1 unspecified atom stereocenters. The first kappa shape index (κ1) is 20.0. The molecule has 28 heavy (non-hydrogen) atoms. The molecule has 0 radical (unpaired) electrons. The van der Waals surface area contributed by atoms with Crippen LogP contribution in [0.3, 0.4) is 0 Å². The second kappa shape index (κ2) is 8.50. The number of aliphatic carboxylic acids is 1. The molecular formula is C20H16ClNO5S. The van der Waals surface area contributed by atoms with Crippen molar-refractivity contribution >= 4 is 46.6 Å². The van der Waals surface area contributed by atoms with Gasteiger partial charge in [0.25, 0.3) is 11.1 Å². The van der Waals surface area contributed by atoms with Gasteiger partial charge in [0.15, 0.2) is 6.10 Å². The molecule has 0 spiro atoms. The second-order valence-corrected chi connectivity index (χ2v) is 7.43. The smallest absolute Gasteiger partial charge is 0.344 e. The van der Waals surface area contributed by atoms with E-state index in [-0.39, 0.29) is 17.7 Å². The third-order valence-electron chi connectivity index (χ3n) is 4.00. The maximum atomic E-state index is 12.6. The van der Waals surface area contributed by atoms with Gasteiger partial charge < -0.3 is 9.84 Å². The topological polar surface area (TPSA) is 83.9 Å². The van der Waals surface area contributed by atoms with Crippen molar-refractivity contribution < 1.29 is 24.2 Å². The van der Waals surface area contributed by atoms with Gasteiger partial charge in [-0.1, -0.05) is 41.9 Å². The highest BCUT2D eigenvalue weighted by atomic mass is 35.5. The number of rotatable bonds is 6. The third kappa shape index (κ3) is 4.55. The van der Waals surface area contributed by atoms with Gasteiger partial charge in [0.2, 0.25) is 0 Å². The Morgan fingerprint density at radius 1 is 1.21 bits per heavy atom. The van der Waals surface area contributed by atoms with Gasteiger partial charge in [-0.05, 0) is 54.1 Å². The summed E-state index contributed by atoms with van der Waals surface area (Å²) in [5, 5.41) is 9.01. The number of carboxylic acid groups (broad SMARTS) is 1. The summed E-state index contributed by atoms with van der Waals surface area (Å²) in [5.74, 6) is -1.04. The highest BCUT2D eigenvalue weighted by Crippen LogP contribution is 2.34. The van der Waals surface area contributed by atoms with Crippen molar-refractivity contribution in [1.29, 1.82) is 0 Å². The number of halogens is 1. The zero-order valence-corrected chi connectivity index (χ0v) is 16.4. The summed E-state index contributed by atoms with van der Waals surface area (Å²) >= 11 is 6.98. The van der Waals surface area contributed by atoms with Crippen molar-refractivity contribution in [2.24, 2.45) is 0 Å². The summed E-state index contributed by atoms with van der Waals surface area (Å²) in [6, 6.07) is 13.7. The molecule has 0 aliphatic carbocycles. The Balaban J connectivity index is 1.73. The fraction of sp³-hybridized carbons (Fsp3) is 0.150. The van der Waals surface area contributed by atoms with Gasteiger partial charge in [0.05, 0.1) is 11.4 Å². The number of carboxylic acids is 1. The summed E-state index contributed by atoms with van der Waals surface area (Å²) in [5.41, 5.74) is 1.39. The molecule has 1 atom stereocenters. The number of benzene rings is 2. The van der Waals surface area contributed by atoms with E-state index in [9.17, 15) is 14.4 Å². The summed E-state index contributed by atoms with van der Waals surface area (Å²) < 4.78 is 5.27. The summed E-state index contributed by atoms with van der Waals surface area (Å²) in [7, 11) is 0. The molecule has 0 bridgehead atoms. The zero-order chi connectivity index (χ0) is 20.3. The van der Waals surface area contributed by atoms with Crippen molar-refractivity contribution in [2.45, 2.75) is 19.6 Å². The lowest BCUT2D eigenvalue weighted by Crippen LogP contribution is -2.27. The number of ether oxygens (including phenoxy) is 1. The molecule has 2 aromatic rings. The predicted molar refractivity (Wildman–Crippen MR) is 107 cm³/mol. The quantitative estimate of drug-likeness (QED) is 0.700. The normalized spacial score (nSPS) is 16.5. The molecule has 2 amide bonds. The fourth-order valence-corrected chi connectivity index (χ4v) is 3.52. The minimum atomic E-state index is -1.06. The lowest BCUT2D eigenvalue weighted by Gasteiger charge is -2.13. The average molecular weight is 418 g/mol. The molecule has 8 heteroatoms. The van der Waals surface area contributed by atoms with Gasteiger partial charge in [0.1, 0.15) is 5.75 Å². The SMILES string of the molecule is CC(Oc1ccc(/C=C2/SC(=O)N(Cc3ccccc3Cl)C2=O)cc1)C(=O)O. The lowest BCUT2D eigenvalue weighted by atomic mass is 10.2. The highest BCUT2D eigenvalue weighted by molar-refractivity contribution is 8.18. The van der Waals surface area contributed by atoms with E-state index in [1.165, 1.54) is 6.92 Å². The van der Waals surface area contributed by atoms with E-state index < -0.39 is 12.1 Å². The number of carbonyl (C=O) groups excluding carboxylic acids is 2. The Bertz CT molecular complexity index is 957. The Morgan fingerprint density at radius 3 is 2.54 bits per heavy atom. The van der Waals surface area contributed by atoms with Crippen molar-refractivity contribution in [1.82, 2.24) is 4.90 Å². The molecule has 3 rings (SSSR count). The van der Waals surface area contributed by atoms with Crippen LogP contribution in [0.1, 0.15) is 18.1 Å². The molecule has 1 aliphatic rings. The number of amides is 2. The summed E-state index contributed by atoms with van der Waals surface area (Å²) in [4.78, 5) is 37.2. The molecule has 1 saturated heterocycles. The standard InChI is InChI=1S/C20H16ClNO5S/c1-12(19(24)25)27-15-8-6-13(7-9-15)10-17-18(23)22(20(26)28-17)11-14-4-2-3-5-16(14)21/h2-10,12H,11H2,1H3,(H,24,25)/b17-10+. The van der Waals surface area contributed by atoms with Gasteiger partial charge in [-0.15, -0.1) is 0 Å². The maximum Gasteiger partial charge on any atom is 0.344 e. The van der Waals surface area contributed by atoms with E-state index in [1.807, 2.05) is 0 Å². The molecule has 1 N–H and O–H groups in total. The number of hydrogen-bond donors (Lipinski definition) is 1. The van der Waals surface area contributed by atoms with Gasteiger partial charge in [-0.2, -0.15) is 0 Å². The van der Waals surface area contributed by atoms with Crippen LogP contribution in [0, 0.1) is 0 Å². The van der Waals surface area contributed by atoms with E-state index >= 15 is 0 Å². The van der Waals surface area contributed by atoms with Crippen LogP contribution in [0.5, 0.6) is 5.75 Å². The van der Waals surface area contributed by atoms with Crippen molar-refractivity contribution in [3.8, 4) is 5.75 Å². The Labute approximate surface area is 170 Å². The lowest BCUT2D eigenvalue weighted by molar-refractivity contribution is -0.144. The van der Waals surface area contributed by atoms with Crippen LogP contribution < -0.4 is 4.74 Å². The first-order valence-electron chi connectivity index (χ1n) is 8.33. The molecule has 0 saturated carbocycles. The number of hydrogen-bond acceptors (Lipinski definition) is 5. The van der Waals surface area contributed by atoms with Crippen LogP contribution in [0.15, 0.2) is 53.4 Å². The third-order valence-corrected chi connectivity index (χ3v) is 5.27. The van der Waals surface area contributed by atoms with E-state index in [0.717, 1.165) is 16.7 Å². The average Bonchev–Trinajstić information content (AvgIpc) is 2.92. The van der Waals surface area contributed by atoms with Crippen LogP contribution in [0.25, 0.3) is 6.08 Å². The van der Waals surface area contributed by atoms with E-state index in [2.05, 4.69) is 0 Å². The fourth-order valence-electron chi connectivity index (χ4n) is 2.48. The molecular weight excluding hydrogens is 402 g/mol. The van der Waals surface area contributed by atoms with Crippen molar-refractivity contribution in [3.63, 3.8) is 0 Å². The number of nitrogens with zero attached hydrogens (tertiary/aromatic N) is 1. The van der Waals surface area contributed by atoms with Crippen LogP contribution in [-0.2, 0) is 16.1 Å². The largest absolute Gasteiger partial charge is 0.479 e. The Morgan fingerprint density at radius 2 is 1.89 bits per heavy atom. The zero-order valence-electron chi connectivity index (χ0n) is 14.8. The number of imide groups is 1. The molecule has 1 fully saturated rings. The molecule has 1 aliphatic heterocycles. The monoisotopic (exact) mass is 417 g/mol. The Hall–Kier alpha value is -2.77. The number of carbonyl (C=O) groups is 3. The van der Waals surface area contributed by atoms with Gasteiger partial charge in [-0.25, -0.2) is 4.79 Å². The van der Waals surface area contributed by atoms with Crippen LogP contribution >= 0.6 is 23.4 Å². The molecule has 2 aromatic carbocycles. The van der Waals surface area contributed by atoms with Crippen LogP contribution in [0.2, 0.25) is 5.02 Å². The minimum absolute atomic E-state index is 0.113. The predicted octanol–water partition coefficient (Wildman–Crippen LogP) is 4.43. The molecule has 144 valence electrons. The number of thioether (sulfide) groups is 1. The van der Waals surface area contributed by atoms with Crippen LogP contribution in [0.4, 0.5) is 4.79 Å². The van der Waals surface area contributed by atoms with Crippen molar-refractivity contribution in [2.75, 3.05) is 0 Å². The van der Waals surface area contributed by atoms with Crippen LogP contribution in [-0.4, -0.2) is 33.2 Å². The molecule has 6 nitrogen and oxygen atoms in total. The van der Waals surface area contributed by atoms with E-state index in [4.69, 9.17) is 21.4 Å². The van der Waals surface area contributed by atoms with Gasteiger partial charge in [-0.3, -0.25) is 14.5 Å². The minimum Gasteiger partial charge on any atom is -0.479 e. The first-order chi connectivity index (χ1) is 13.3. The maximum absolute atomic E-state index is 12.6. The molecule has 0 aromatic heterocycles. The highest BCUT2D eigenvalue weighted by Gasteiger charge is 2.35. The van der Waals surface area contributed by atoms with E-state index in [0.29, 0.717) is 26.8 Å². The first-order valence-corrected chi connectivity index (χ1v) is 9.53. The summed E-state index contributed by atoms with van der Waals surface area (Å²) in [6.45, 7) is 1.55. The van der Waals surface area contributed by atoms with Gasteiger partial charge in [0, 0.05) is 5.02 Å². The summed E-state index contributed by atoms with van der Waals surface area (Å²) in [6.07, 6.45) is 0.647. The second-order valence-electron chi connectivity index (χ2n) is 6.03. The van der Waals surface area contributed by atoms with E-state index in [1.54, 1.807) is 54.6 Å². The van der Waals surface area contributed by atoms with Crippen molar-refractivity contribution in [3.05, 3.63) is 69.6 Å². The molecule has 1 heterocycles. The Kier molecular flexibility index (Phi) is 6.06. The van der Waals surface area contributed by atoms with Gasteiger partial charge >= 0.3 is 5.97 Å².